The fourth-order valence-corrected chi connectivity index (χ4v) is 2.93. The molecule has 1 aromatic rings. The number of β-amino-alcohol motifs (C(OH)–C–C–N with tert-alkyl or cyclic N) is 1. The summed E-state index contributed by atoms with van der Waals surface area (Å²) in [5, 5.41) is 10.1. The second kappa shape index (κ2) is 4.39. The highest BCUT2D eigenvalue weighted by Crippen LogP contribution is 2.42. The van der Waals surface area contributed by atoms with Crippen LogP contribution in [0.15, 0.2) is 24.3 Å². The zero-order chi connectivity index (χ0) is 12.7. The minimum Gasteiger partial charge on any atom is -0.391 e. The van der Waals surface area contributed by atoms with Crippen LogP contribution in [0.1, 0.15) is 30.1 Å². The van der Waals surface area contributed by atoms with E-state index in [-0.39, 0.29) is 11.9 Å². The van der Waals surface area contributed by atoms with Gasteiger partial charge in [0.15, 0.2) is 5.78 Å². The number of hydrogen-bond acceptors (Lipinski definition) is 3. The Kier molecular flexibility index (Phi) is 2.86. The number of Topliss-reactive ketones (excluding diaryl/α,β-unsaturated/α-hetero) is 1. The van der Waals surface area contributed by atoms with Gasteiger partial charge in [-0.1, -0.05) is 12.1 Å². The number of aliphatic hydroxyl groups excluding tert-OH is 1. The van der Waals surface area contributed by atoms with E-state index in [1.807, 2.05) is 24.3 Å². The first-order valence-electron chi connectivity index (χ1n) is 6.69. The van der Waals surface area contributed by atoms with Crippen LogP contribution in [0, 0.1) is 11.8 Å². The fourth-order valence-electron chi connectivity index (χ4n) is 2.93. The molecule has 2 atom stereocenters. The van der Waals surface area contributed by atoms with Crippen LogP contribution < -0.4 is 4.90 Å². The molecule has 96 valence electrons. The van der Waals surface area contributed by atoms with E-state index in [2.05, 4.69) is 4.90 Å². The number of aliphatic hydroxyl groups is 1. The summed E-state index contributed by atoms with van der Waals surface area (Å²) in [6, 6.07) is 7.72. The smallest absolute Gasteiger partial charge is 0.159 e. The first-order valence-corrected chi connectivity index (χ1v) is 6.69. The molecule has 1 saturated carbocycles. The highest BCUT2D eigenvalue weighted by atomic mass is 16.3. The second-order valence-corrected chi connectivity index (χ2v) is 5.58. The maximum atomic E-state index is 11.4. The monoisotopic (exact) mass is 245 g/mol. The van der Waals surface area contributed by atoms with E-state index in [1.54, 1.807) is 6.92 Å². The number of carbonyl (C=O) groups is 1. The number of anilines is 1. The van der Waals surface area contributed by atoms with Gasteiger partial charge in [-0.15, -0.1) is 0 Å². The summed E-state index contributed by atoms with van der Waals surface area (Å²) < 4.78 is 0. The molecule has 2 fully saturated rings. The zero-order valence-electron chi connectivity index (χ0n) is 10.7. The van der Waals surface area contributed by atoms with Crippen LogP contribution in [0.3, 0.4) is 0 Å². The average Bonchev–Trinajstić information content (AvgIpc) is 3.13. The predicted molar refractivity (Wildman–Crippen MR) is 70.9 cm³/mol. The maximum Gasteiger partial charge on any atom is 0.159 e. The SMILES string of the molecule is CC(=O)c1cccc(N2CC(O)C(C3CC3)C2)c1. The van der Waals surface area contributed by atoms with Crippen LogP contribution in [0.25, 0.3) is 0 Å². The third-order valence-corrected chi connectivity index (χ3v) is 4.18. The standard InChI is InChI=1S/C15H19NO2/c1-10(17)12-3-2-4-13(7-12)16-8-14(11-5-6-11)15(18)9-16/h2-4,7,11,14-15,18H,5-6,8-9H2,1H3. The lowest BCUT2D eigenvalue weighted by Crippen LogP contribution is -2.21. The molecule has 3 nitrogen and oxygen atoms in total. The molecule has 0 bridgehead atoms. The van der Waals surface area contributed by atoms with E-state index in [0.29, 0.717) is 12.5 Å². The fraction of sp³-hybridized carbons (Fsp3) is 0.533. The Balaban J connectivity index is 1.79. The van der Waals surface area contributed by atoms with E-state index in [4.69, 9.17) is 0 Å². The van der Waals surface area contributed by atoms with Crippen molar-refractivity contribution in [2.24, 2.45) is 11.8 Å². The number of ketones is 1. The lowest BCUT2D eigenvalue weighted by atomic mass is 10.0. The summed E-state index contributed by atoms with van der Waals surface area (Å²) in [6.07, 6.45) is 2.32. The summed E-state index contributed by atoms with van der Waals surface area (Å²) in [6.45, 7) is 3.21. The summed E-state index contributed by atoms with van der Waals surface area (Å²) in [5.74, 6) is 1.24. The molecule has 0 radical (unpaired) electrons. The molecule has 1 saturated heterocycles. The molecule has 3 heteroatoms. The highest BCUT2D eigenvalue weighted by Gasteiger charge is 2.41. The van der Waals surface area contributed by atoms with Crippen molar-refractivity contribution < 1.29 is 9.90 Å². The molecule has 1 aliphatic heterocycles. The summed E-state index contributed by atoms with van der Waals surface area (Å²) in [7, 11) is 0. The maximum absolute atomic E-state index is 11.4. The van der Waals surface area contributed by atoms with E-state index in [0.717, 1.165) is 23.7 Å². The molecule has 3 rings (SSSR count). The van der Waals surface area contributed by atoms with E-state index in [1.165, 1.54) is 12.8 Å². The molecule has 1 aliphatic carbocycles. The molecule has 1 aromatic carbocycles. The van der Waals surface area contributed by atoms with Crippen molar-refractivity contribution in [1.29, 1.82) is 0 Å². The van der Waals surface area contributed by atoms with Crippen molar-refractivity contribution in [3.63, 3.8) is 0 Å². The Morgan fingerprint density at radius 2 is 2.11 bits per heavy atom. The molecule has 2 aliphatic rings. The molecule has 0 spiro atoms. The number of rotatable bonds is 3. The van der Waals surface area contributed by atoms with Gasteiger partial charge in [0, 0.05) is 30.3 Å². The third-order valence-electron chi connectivity index (χ3n) is 4.18. The number of benzene rings is 1. The van der Waals surface area contributed by atoms with Gasteiger partial charge in [0.2, 0.25) is 0 Å². The predicted octanol–water partition coefficient (Wildman–Crippen LogP) is 2.10. The Bertz CT molecular complexity index is 467. The van der Waals surface area contributed by atoms with E-state index in [9.17, 15) is 9.90 Å². The molecule has 1 heterocycles. The van der Waals surface area contributed by atoms with Crippen LogP contribution in [0.2, 0.25) is 0 Å². The summed E-state index contributed by atoms with van der Waals surface area (Å²) in [4.78, 5) is 13.6. The van der Waals surface area contributed by atoms with Crippen LogP contribution in [-0.4, -0.2) is 30.1 Å². The van der Waals surface area contributed by atoms with Crippen LogP contribution >= 0.6 is 0 Å². The number of carbonyl (C=O) groups excluding carboxylic acids is 1. The van der Waals surface area contributed by atoms with Gasteiger partial charge >= 0.3 is 0 Å². The summed E-state index contributed by atoms with van der Waals surface area (Å²) in [5.41, 5.74) is 1.81. The Morgan fingerprint density at radius 1 is 1.33 bits per heavy atom. The van der Waals surface area contributed by atoms with Gasteiger partial charge < -0.3 is 10.0 Å². The molecule has 2 unspecified atom stereocenters. The zero-order valence-corrected chi connectivity index (χ0v) is 10.7. The summed E-state index contributed by atoms with van der Waals surface area (Å²) >= 11 is 0. The van der Waals surface area contributed by atoms with Crippen molar-refractivity contribution in [3.05, 3.63) is 29.8 Å². The van der Waals surface area contributed by atoms with Gasteiger partial charge in [-0.05, 0) is 37.8 Å². The highest BCUT2D eigenvalue weighted by molar-refractivity contribution is 5.95. The quantitative estimate of drug-likeness (QED) is 0.829. The van der Waals surface area contributed by atoms with Crippen molar-refractivity contribution >= 4 is 11.5 Å². The molecular formula is C15H19NO2. The lowest BCUT2D eigenvalue weighted by Gasteiger charge is -2.18. The third kappa shape index (κ3) is 2.15. The minimum atomic E-state index is -0.210. The molecule has 0 amide bonds. The molecule has 0 aromatic heterocycles. The van der Waals surface area contributed by atoms with Crippen LogP contribution in [-0.2, 0) is 0 Å². The Morgan fingerprint density at radius 3 is 2.78 bits per heavy atom. The molecular weight excluding hydrogens is 226 g/mol. The van der Waals surface area contributed by atoms with Gasteiger partial charge in [0.05, 0.1) is 6.10 Å². The topological polar surface area (TPSA) is 40.5 Å². The Hall–Kier alpha value is -1.35. The Labute approximate surface area is 107 Å². The normalized spacial score (nSPS) is 27.6. The van der Waals surface area contributed by atoms with Crippen molar-refractivity contribution in [3.8, 4) is 0 Å². The van der Waals surface area contributed by atoms with Gasteiger partial charge in [-0.2, -0.15) is 0 Å². The van der Waals surface area contributed by atoms with Gasteiger partial charge in [-0.25, -0.2) is 0 Å². The van der Waals surface area contributed by atoms with E-state index < -0.39 is 0 Å². The van der Waals surface area contributed by atoms with Gasteiger partial charge in [0.25, 0.3) is 0 Å². The number of nitrogens with zero attached hydrogens (tertiary/aromatic N) is 1. The number of hydrogen-bond donors (Lipinski definition) is 1. The largest absolute Gasteiger partial charge is 0.391 e. The van der Waals surface area contributed by atoms with Crippen LogP contribution in [0.5, 0.6) is 0 Å². The van der Waals surface area contributed by atoms with Crippen molar-refractivity contribution in [1.82, 2.24) is 0 Å². The second-order valence-electron chi connectivity index (χ2n) is 5.58. The first kappa shape index (κ1) is 11.7. The van der Waals surface area contributed by atoms with Gasteiger partial charge in [0.1, 0.15) is 0 Å². The molecule has 18 heavy (non-hydrogen) atoms. The minimum absolute atomic E-state index is 0.0929. The van der Waals surface area contributed by atoms with Crippen molar-refractivity contribution in [2.75, 3.05) is 18.0 Å². The first-order chi connectivity index (χ1) is 8.65. The van der Waals surface area contributed by atoms with Gasteiger partial charge in [-0.3, -0.25) is 4.79 Å². The lowest BCUT2D eigenvalue weighted by molar-refractivity contribution is 0.101. The average molecular weight is 245 g/mol. The van der Waals surface area contributed by atoms with Crippen molar-refractivity contribution in [2.45, 2.75) is 25.9 Å². The molecule has 1 N–H and O–H groups in total. The van der Waals surface area contributed by atoms with Crippen LogP contribution in [0.4, 0.5) is 5.69 Å². The van der Waals surface area contributed by atoms with E-state index >= 15 is 0 Å².